The summed E-state index contributed by atoms with van der Waals surface area (Å²) >= 11 is 25.0. The standard InChI is InChI=1S/C31H27Cl4N3O4S/c1-36-31(40)29(16-21-8-4-2-5-9-21)37(19-22-12-13-23(32)17-27(22)34)30(39)20-38(24-14-15-26(33)28(35)18-24)43(41,42)25-10-6-3-7-11-25/h2-15,17-18,29H,16,19-20H2,1H3,(H,36,40)/t29-/m0/s1. The minimum Gasteiger partial charge on any atom is -0.357 e. The molecular weight excluding hydrogens is 652 g/mol. The SMILES string of the molecule is CNC(=O)[C@H](Cc1ccccc1)N(Cc1ccc(Cl)cc1Cl)C(=O)CN(c1ccc(Cl)c(Cl)c1)S(=O)(=O)c1ccccc1. The lowest BCUT2D eigenvalue weighted by atomic mass is 10.0. The Morgan fingerprint density at radius 3 is 2.05 bits per heavy atom. The number of hydrogen-bond acceptors (Lipinski definition) is 4. The number of hydrogen-bond donors (Lipinski definition) is 1. The molecule has 0 radical (unpaired) electrons. The Hall–Kier alpha value is -3.27. The van der Waals surface area contributed by atoms with Crippen molar-refractivity contribution in [1.82, 2.24) is 10.2 Å². The molecule has 12 heteroatoms. The van der Waals surface area contributed by atoms with E-state index in [9.17, 15) is 18.0 Å². The fourth-order valence-electron chi connectivity index (χ4n) is 4.44. The van der Waals surface area contributed by atoms with Crippen LogP contribution in [-0.4, -0.2) is 44.8 Å². The van der Waals surface area contributed by atoms with E-state index in [1.165, 1.54) is 48.3 Å². The first kappa shape index (κ1) is 32.6. The summed E-state index contributed by atoms with van der Waals surface area (Å²) in [6, 6.07) is 25.0. The number of anilines is 1. The van der Waals surface area contributed by atoms with Crippen molar-refractivity contribution in [3.63, 3.8) is 0 Å². The molecule has 43 heavy (non-hydrogen) atoms. The number of likely N-dealkylation sites (N-methyl/N-ethyl adjacent to an activating group) is 1. The Morgan fingerprint density at radius 1 is 0.791 bits per heavy atom. The van der Waals surface area contributed by atoms with Crippen LogP contribution < -0.4 is 9.62 Å². The molecule has 0 fully saturated rings. The number of nitrogens with zero attached hydrogens (tertiary/aromatic N) is 2. The second-order valence-electron chi connectivity index (χ2n) is 9.50. The Kier molecular flexibility index (Phi) is 11.0. The molecule has 1 N–H and O–H groups in total. The summed E-state index contributed by atoms with van der Waals surface area (Å²) in [6.45, 7) is -0.747. The number of rotatable bonds is 11. The van der Waals surface area contributed by atoms with Crippen LogP contribution in [0.15, 0.2) is 102 Å². The molecule has 0 unspecified atom stereocenters. The van der Waals surface area contributed by atoms with Gasteiger partial charge in [-0.15, -0.1) is 0 Å². The third-order valence-corrected chi connectivity index (χ3v) is 9.79. The van der Waals surface area contributed by atoms with Crippen LogP contribution >= 0.6 is 46.4 Å². The maximum Gasteiger partial charge on any atom is 0.264 e. The molecule has 0 aliphatic rings. The number of nitrogens with one attached hydrogen (secondary N) is 1. The van der Waals surface area contributed by atoms with Crippen LogP contribution in [-0.2, 0) is 32.6 Å². The van der Waals surface area contributed by atoms with Crippen molar-refractivity contribution in [2.24, 2.45) is 0 Å². The molecule has 4 rings (SSSR count). The van der Waals surface area contributed by atoms with Crippen LogP contribution in [0.5, 0.6) is 0 Å². The van der Waals surface area contributed by atoms with Crippen molar-refractivity contribution >= 4 is 73.9 Å². The highest BCUT2D eigenvalue weighted by atomic mass is 35.5. The summed E-state index contributed by atoms with van der Waals surface area (Å²) in [7, 11) is -2.80. The van der Waals surface area contributed by atoms with Gasteiger partial charge in [-0.25, -0.2) is 8.42 Å². The van der Waals surface area contributed by atoms with E-state index >= 15 is 0 Å². The molecule has 0 saturated carbocycles. The monoisotopic (exact) mass is 677 g/mol. The average molecular weight is 679 g/mol. The Morgan fingerprint density at radius 2 is 1.44 bits per heavy atom. The highest BCUT2D eigenvalue weighted by Crippen LogP contribution is 2.31. The van der Waals surface area contributed by atoms with Gasteiger partial charge in [0, 0.05) is 30.1 Å². The molecule has 4 aromatic rings. The normalized spacial score (nSPS) is 11.9. The van der Waals surface area contributed by atoms with Crippen LogP contribution in [0.25, 0.3) is 0 Å². The van der Waals surface area contributed by atoms with Crippen molar-refractivity contribution in [2.45, 2.75) is 23.9 Å². The third-order valence-electron chi connectivity index (χ3n) is 6.67. The van der Waals surface area contributed by atoms with Gasteiger partial charge >= 0.3 is 0 Å². The van der Waals surface area contributed by atoms with E-state index in [1.54, 1.807) is 30.3 Å². The molecule has 0 saturated heterocycles. The second kappa shape index (κ2) is 14.5. The average Bonchev–Trinajstić information content (AvgIpc) is 3.00. The van der Waals surface area contributed by atoms with Crippen LogP contribution in [0.1, 0.15) is 11.1 Å². The molecule has 1 atom stereocenters. The van der Waals surface area contributed by atoms with Gasteiger partial charge in [-0.3, -0.25) is 13.9 Å². The molecule has 7 nitrogen and oxygen atoms in total. The van der Waals surface area contributed by atoms with Crippen molar-refractivity contribution in [3.05, 3.63) is 128 Å². The van der Waals surface area contributed by atoms with Gasteiger partial charge in [-0.05, 0) is 53.6 Å². The van der Waals surface area contributed by atoms with Gasteiger partial charge in [0.05, 0.1) is 20.6 Å². The van der Waals surface area contributed by atoms with Gasteiger partial charge < -0.3 is 10.2 Å². The Balaban J connectivity index is 1.82. The Labute approximate surface area is 271 Å². The summed E-state index contributed by atoms with van der Waals surface area (Å²) < 4.78 is 28.9. The van der Waals surface area contributed by atoms with Crippen molar-refractivity contribution < 1.29 is 18.0 Å². The maximum absolute atomic E-state index is 14.3. The van der Waals surface area contributed by atoms with Crippen LogP contribution in [0.2, 0.25) is 20.1 Å². The summed E-state index contributed by atoms with van der Waals surface area (Å²) in [4.78, 5) is 28.9. The zero-order chi connectivity index (χ0) is 31.1. The predicted octanol–water partition coefficient (Wildman–Crippen LogP) is 6.88. The number of halogens is 4. The van der Waals surface area contributed by atoms with Crippen molar-refractivity contribution in [1.29, 1.82) is 0 Å². The van der Waals surface area contributed by atoms with Gasteiger partial charge in [-0.2, -0.15) is 0 Å². The van der Waals surface area contributed by atoms with Crippen LogP contribution in [0, 0.1) is 0 Å². The largest absolute Gasteiger partial charge is 0.357 e. The van der Waals surface area contributed by atoms with Gasteiger partial charge in [0.1, 0.15) is 12.6 Å². The van der Waals surface area contributed by atoms with E-state index in [1.807, 2.05) is 30.3 Å². The van der Waals surface area contributed by atoms with Crippen LogP contribution in [0.3, 0.4) is 0 Å². The zero-order valence-electron chi connectivity index (χ0n) is 22.9. The smallest absolute Gasteiger partial charge is 0.264 e. The highest BCUT2D eigenvalue weighted by molar-refractivity contribution is 7.92. The molecule has 0 bridgehead atoms. The summed E-state index contributed by atoms with van der Waals surface area (Å²) in [5.74, 6) is -1.09. The Bertz CT molecular complexity index is 1710. The zero-order valence-corrected chi connectivity index (χ0v) is 26.7. The number of carbonyl (C=O) groups is 2. The van der Waals surface area contributed by atoms with Gasteiger partial charge in [0.2, 0.25) is 11.8 Å². The van der Waals surface area contributed by atoms with E-state index in [0.717, 1.165) is 9.87 Å². The van der Waals surface area contributed by atoms with E-state index in [0.29, 0.717) is 15.6 Å². The lowest BCUT2D eigenvalue weighted by molar-refractivity contribution is -0.139. The summed E-state index contributed by atoms with van der Waals surface area (Å²) in [5, 5.41) is 3.65. The van der Waals surface area contributed by atoms with E-state index in [4.69, 9.17) is 46.4 Å². The van der Waals surface area contributed by atoms with E-state index < -0.39 is 34.4 Å². The van der Waals surface area contributed by atoms with Crippen molar-refractivity contribution in [2.75, 3.05) is 17.9 Å². The molecule has 0 heterocycles. The second-order valence-corrected chi connectivity index (χ2v) is 13.0. The number of sulfonamides is 1. The van der Waals surface area contributed by atoms with Crippen molar-refractivity contribution in [3.8, 4) is 0 Å². The number of benzene rings is 4. The fraction of sp³-hybridized carbons (Fsp3) is 0.161. The van der Waals surface area contributed by atoms with Gasteiger partial charge in [0.15, 0.2) is 0 Å². The van der Waals surface area contributed by atoms with Crippen LogP contribution in [0.4, 0.5) is 5.69 Å². The van der Waals surface area contributed by atoms with E-state index in [2.05, 4.69) is 5.32 Å². The third kappa shape index (κ3) is 8.02. The minimum absolute atomic E-state index is 0.0340. The molecule has 0 aliphatic heterocycles. The topological polar surface area (TPSA) is 86.8 Å². The quantitative estimate of drug-likeness (QED) is 0.187. The van der Waals surface area contributed by atoms with E-state index in [-0.39, 0.29) is 33.6 Å². The summed E-state index contributed by atoms with van der Waals surface area (Å²) in [5.41, 5.74) is 1.44. The molecule has 0 spiro atoms. The molecular formula is C31H27Cl4N3O4S. The molecule has 224 valence electrons. The first-order valence-corrected chi connectivity index (χ1v) is 16.0. The summed E-state index contributed by atoms with van der Waals surface area (Å²) in [6.07, 6.45) is 0.162. The number of amides is 2. The lowest BCUT2D eigenvalue weighted by Gasteiger charge is -2.33. The predicted molar refractivity (Wildman–Crippen MR) is 172 cm³/mol. The lowest BCUT2D eigenvalue weighted by Crippen LogP contribution is -2.53. The maximum atomic E-state index is 14.3. The minimum atomic E-state index is -4.27. The molecule has 0 aromatic heterocycles. The van der Waals surface area contributed by atoms with Gasteiger partial charge in [0.25, 0.3) is 10.0 Å². The fourth-order valence-corrected chi connectivity index (χ4v) is 6.63. The highest BCUT2D eigenvalue weighted by Gasteiger charge is 2.34. The first-order valence-electron chi connectivity index (χ1n) is 13.0. The van der Waals surface area contributed by atoms with Gasteiger partial charge in [-0.1, -0.05) is 101 Å². The number of carbonyl (C=O) groups excluding carboxylic acids is 2. The molecule has 2 amide bonds. The first-order chi connectivity index (χ1) is 20.5. The molecule has 0 aliphatic carbocycles. The molecule has 4 aromatic carbocycles.